The molecule has 1 aliphatic heterocycles. The van der Waals surface area contributed by atoms with Gasteiger partial charge in [-0.15, -0.1) is 24.0 Å². The Morgan fingerprint density at radius 2 is 2.04 bits per heavy atom. The van der Waals surface area contributed by atoms with E-state index in [9.17, 15) is 0 Å². The fraction of sp³-hybridized carbons (Fsp3) is 0.381. The smallest absolute Gasteiger partial charge is 0.191 e. The van der Waals surface area contributed by atoms with Gasteiger partial charge in [0.15, 0.2) is 5.96 Å². The fourth-order valence-electron chi connectivity index (χ4n) is 2.94. The normalized spacial score (nSPS) is 16.4. The summed E-state index contributed by atoms with van der Waals surface area (Å²) >= 11 is 3.50. The Morgan fingerprint density at radius 1 is 1.21 bits per heavy atom. The molecule has 0 saturated carbocycles. The van der Waals surface area contributed by atoms with Crippen LogP contribution < -0.4 is 15.4 Å². The molecule has 3 rings (SSSR count). The van der Waals surface area contributed by atoms with E-state index in [2.05, 4.69) is 68.8 Å². The van der Waals surface area contributed by atoms with Gasteiger partial charge >= 0.3 is 0 Å². The number of hydrogen-bond donors (Lipinski definition) is 2. The van der Waals surface area contributed by atoms with E-state index in [1.54, 1.807) is 7.05 Å². The van der Waals surface area contributed by atoms with E-state index in [-0.39, 0.29) is 30.1 Å². The molecular formula is C21H27BrIN3O2. The van der Waals surface area contributed by atoms with Crippen LogP contribution in [-0.2, 0) is 17.8 Å². The van der Waals surface area contributed by atoms with Gasteiger partial charge in [0.2, 0.25) is 0 Å². The number of aryl methyl sites for hydroxylation is 1. The van der Waals surface area contributed by atoms with Gasteiger partial charge in [0, 0.05) is 36.6 Å². The Hall–Kier alpha value is -1.32. The van der Waals surface area contributed by atoms with Crippen LogP contribution in [0.1, 0.15) is 23.1 Å². The maximum atomic E-state index is 6.17. The third-order valence-corrected chi connectivity index (χ3v) is 4.92. The maximum absolute atomic E-state index is 6.17. The van der Waals surface area contributed by atoms with Gasteiger partial charge < -0.3 is 20.1 Å². The molecule has 1 aliphatic rings. The summed E-state index contributed by atoms with van der Waals surface area (Å²) in [6.07, 6.45) is 1.08. The van der Waals surface area contributed by atoms with E-state index in [1.165, 1.54) is 11.1 Å². The van der Waals surface area contributed by atoms with Crippen LogP contribution in [0.3, 0.4) is 0 Å². The fourth-order valence-corrected chi connectivity index (χ4v) is 3.38. The number of aliphatic imine (C=N–C) groups is 1. The SMILES string of the molecule is CN=C(NCc1cccc(Br)c1)NCc1ccc(C)cc1OC1CCOC1.I. The van der Waals surface area contributed by atoms with E-state index in [1.807, 2.05) is 12.1 Å². The third-order valence-electron chi connectivity index (χ3n) is 4.42. The molecular weight excluding hydrogens is 533 g/mol. The predicted octanol–water partition coefficient (Wildman–Crippen LogP) is 4.41. The molecule has 2 N–H and O–H groups in total. The van der Waals surface area contributed by atoms with E-state index in [0.29, 0.717) is 19.7 Å². The maximum Gasteiger partial charge on any atom is 0.191 e. The summed E-state index contributed by atoms with van der Waals surface area (Å²) in [7, 11) is 1.78. The molecule has 0 bridgehead atoms. The number of ether oxygens (including phenoxy) is 2. The van der Waals surface area contributed by atoms with E-state index in [0.717, 1.165) is 34.8 Å². The average molecular weight is 560 g/mol. The van der Waals surface area contributed by atoms with E-state index >= 15 is 0 Å². The highest BCUT2D eigenvalue weighted by atomic mass is 127. The van der Waals surface area contributed by atoms with Crippen molar-refractivity contribution < 1.29 is 9.47 Å². The van der Waals surface area contributed by atoms with Crippen LogP contribution in [-0.4, -0.2) is 32.3 Å². The number of nitrogens with one attached hydrogen (secondary N) is 2. The molecule has 1 atom stereocenters. The van der Waals surface area contributed by atoms with Gasteiger partial charge in [-0.05, 0) is 36.2 Å². The van der Waals surface area contributed by atoms with Crippen molar-refractivity contribution >= 4 is 45.9 Å². The Labute approximate surface area is 192 Å². The molecule has 1 saturated heterocycles. The highest BCUT2D eigenvalue weighted by molar-refractivity contribution is 14.0. The van der Waals surface area contributed by atoms with Crippen molar-refractivity contribution in [3.63, 3.8) is 0 Å². The van der Waals surface area contributed by atoms with Crippen LogP contribution in [0.4, 0.5) is 0 Å². The molecule has 1 fully saturated rings. The average Bonchev–Trinajstić information content (AvgIpc) is 3.16. The summed E-state index contributed by atoms with van der Waals surface area (Å²) in [5, 5.41) is 6.72. The van der Waals surface area contributed by atoms with Crippen LogP contribution in [0.2, 0.25) is 0 Å². The molecule has 0 spiro atoms. The number of hydrogen-bond acceptors (Lipinski definition) is 3. The summed E-state index contributed by atoms with van der Waals surface area (Å²) in [5.74, 6) is 1.67. The van der Waals surface area contributed by atoms with Crippen LogP contribution in [0, 0.1) is 6.92 Å². The Balaban J connectivity index is 0.00000280. The highest BCUT2D eigenvalue weighted by Crippen LogP contribution is 2.23. The molecule has 28 heavy (non-hydrogen) atoms. The lowest BCUT2D eigenvalue weighted by Gasteiger charge is -2.18. The second kappa shape index (κ2) is 11.6. The molecule has 2 aromatic carbocycles. The molecule has 5 nitrogen and oxygen atoms in total. The van der Waals surface area contributed by atoms with Crippen molar-refractivity contribution in [3.8, 4) is 5.75 Å². The highest BCUT2D eigenvalue weighted by Gasteiger charge is 2.18. The zero-order chi connectivity index (χ0) is 19.1. The molecule has 7 heteroatoms. The number of nitrogens with zero attached hydrogens (tertiary/aromatic N) is 1. The topological polar surface area (TPSA) is 54.9 Å². The predicted molar refractivity (Wildman–Crippen MR) is 128 cm³/mol. The third kappa shape index (κ3) is 6.93. The zero-order valence-corrected chi connectivity index (χ0v) is 20.1. The molecule has 0 amide bonds. The van der Waals surface area contributed by atoms with Crippen molar-refractivity contribution in [2.45, 2.75) is 32.5 Å². The van der Waals surface area contributed by atoms with Crippen LogP contribution >= 0.6 is 39.9 Å². The number of guanidine groups is 1. The minimum atomic E-state index is 0. The van der Waals surface area contributed by atoms with Crippen LogP contribution in [0.5, 0.6) is 5.75 Å². The monoisotopic (exact) mass is 559 g/mol. The summed E-state index contributed by atoms with van der Waals surface area (Å²) < 4.78 is 12.7. The number of rotatable bonds is 6. The molecule has 152 valence electrons. The minimum absolute atomic E-state index is 0. The quantitative estimate of drug-likeness (QED) is 0.313. The zero-order valence-electron chi connectivity index (χ0n) is 16.2. The summed E-state index contributed by atoms with van der Waals surface area (Å²) in [6.45, 7) is 4.86. The first-order valence-corrected chi connectivity index (χ1v) is 9.96. The second-order valence-electron chi connectivity index (χ2n) is 6.62. The van der Waals surface area contributed by atoms with Gasteiger partial charge in [0.05, 0.1) is 13.2 Å². The molecule has 0 radical (unpaired) electrons. The first kappa shape index (κ1) is 23.0. The largest absolute Gasteiger partial charge is 0.488 e. The summed E-state index contributed by atoms with van der Waals surface area (Å²) in [6, 6.07) is 14.5. The van der Waals surface area contributed by atoms with Crippen molar-refractivity contribution in [2.75, 3.05) is 20.3 Å². The van der Waals surface area contributed by atoms with Gasteiger partial charge in [-0.2, -0.15) is 0 Å². The standard InChI is InChI=1S/C21H26BrN3O2.HI/c1-15-6-7-17(20(10-15)27-19-8-9-26-14-19)13-25-21(23-2)24-12-16-4-3-5-18(22)11-16;/h3-7,10-11,19H,8-9,12-14H2,1-2H3,(H2,23,24,25);1H. The van der Waals surface area contributed by atoms with Crippen LogP contribution in [0.25, 0.3) is 0 Å². The molecule has 0 aliphatic carbocycles. The lowest BCUT2D eigenvalue weighted by molar-refractivity contribution is 0.140. The van der Waals surface area contributed by atoms with Crippen molar-refractivity contribution in [1.82, 2.24) is 10.6 Å². The van der Waals surface area contributed by atoms with Gasteiger partial charge in [-0.25, -0.2) is 0 Å². The first-order chi connectivity index (χ1) is 13.1. The molecule has 2 aromatic rings. The Bertz CT molecular complexity index is 795. The molecule has 0 aromatic heterocycles. The van der Waals surface area contributed by atoms with E-state index in [4.69, 9.17) is 9.47 Å². The second-order valence-corrected chi connectivity index (χ2v) is 7.54. The minimum Gasteiger partial charge on any atom is -0.488 e. The van der Waals surface area contributed by atoms with Gasteiger partial charge in [-0.3, -0.25) is 4.99 Å². The van der Waals surface area contributed by atoms with Crippen LogP contribution in [0.15, 0.2) is 51.9 Å². The van der Waals surface area contributed by atoms with Gasteiger partial charge in [-0.1, -0.05) is 40.2 Å². The van der Waals surface area contributed by atoms with Gasteiger partial charge in [0.1, 0.15) is 11.9 Å². The summed E-state index contributed by atoms with van der Waals surface area (Å²) in [4.78, 5) is 4.31. The van der Waals surface area contributed by atoms with Crippen molar-refractivity contribution in [2.24, 2.45) is 4.99 Å². The number of halogens is 2. The first-order valence-electron chi connectivity index (χ1n) is 9.17. The van der Waals surface area contributed by atoms with Crippen molar-refractivity contribution in [1.29, 1.82) is 0 Å². The lowest BCUT2D eigenvalue weighted by Crippen LogP contribution is -2.36. The summed E-state index contributed by atoms with van der Waals surface area (Å²) in [5.41, 5.74) is 3.48. The Kier molecular flexibility index (Phi) is 9.53. The number of benzene rings is 2. The Morgan fingerprint density at radius 3 is 2.75 bits per heavy atom. The molecule has 1 unspecified atom stereocenters. The van der Waals surface area contributed by atoms with Crippen molar-refractivity contribution in [3.05, 3.63) is 63.6 Å². The molecule has 1 heterocycles. The van der Waals surface area contributed by atoms with E-state index < -0.39 is 0 Å². The lowest BCUT2D eigenvalue weighted by atomic mass is 10.1. The van der Waals surface area contributed by atoms with Gasteiger partial charge in [0.25, 0.3) is 0 Å².